The van der Waals surface area contributed by atoms with Crippen LogP contribution >= 0.6 is 0 Å². The molecule has 53 heavy (non-hydrogen) atoms. The van der Waals surface area contributed by atoms with Gasteiger partial charge in [-0.05, 0) is 30.3 Å². The molecule has 8 N–H and O–H groups in total. The summed E-state index contributed by atoms with van der Waals surface area (Å²) in [7, 11) is 6.15. The molecule has 0 radical (unpaired) electrons. The Morgan fingerprint density at radius 3 is 1.36 bits per heavy atom. The largest absolute Gasteiger partial charge is 0.456 e. The number of hydrogen-bond donors (Lipinski definition) is 8. The Morgan fingerprint density at radius 1 is 0.566 bits per heavy atom. The van der Waals surface area contributed by atoms with E-state index >= 15 is 0 Å². The normalized spacial score (nSPS) is 12.8. The first-order valence-electron chi connectivity index (χ1n) is 17.3. The molecule has 2 aliphatic heterocycles. The molecule has 2 heterocycles. The van der Waals surface area contributed by atoms with E-state index in [1.54, 1.807) is 12.1 Å². The van der Waals surface area contributed by atoms with Crippen molar-refractivity contribution in [3.63, 3.8) is 0 Å². The van der Waals surface area contributed by atoms with Gasteiger partial charge in [0.1, 0.15) is 11.5 Å². The highest BCUT2D eigenvalue weighted by Gasteiger charge is 2.53. The predicted octanol–water partition coefficient (Wildman–Crippen LogP) is 1.58. The van der Waals surface area contributed by atoms with Gasteiger partial charge in [0.25, 0.3) is 0 Å². The van der Waals surface area contributed by atoms with Crippen LogP contribution in [0.3, 0.4) is 0 Å². The van der Waals surface area contributed by atoms with Gasteiger partial charge in [-0.25, -0.2) is 24.0 Å². The smallest absolute Gasteiger partial charge is 0.340 e. The summed E-state index contributed by atoms with van der Waals surface area (Å²) in [5, 5.41) is 21.4. The molecule has 0 fully saturated rings. The number of benzene rings is 3. The van der Waals surface area contributed by atoms with E-state index in [0.717, 1.165) is 11.4 Å². The third kappa shape index (κ3) is 8.40. The lowest BCUT2D eigenvalue weighted by Gasteiger charge is -2.38. The summed E-state index contributed by atoms with van der Waals surface area (Å²) in [6.45, 7) is 2.91. The molecule has 8 amide bonds. The van der Waals surface area contributed by atoms with Gasteiger partial charge in [0, 0.05) is 121 Å². The van der Waals surface area contributed by atoms with Gasteiger partial charge in [0.05, 0.1) is 5.56 Å². The van der Waals surface area contributed by atoms with Crippen LogP contribution in [0.1, 0.15) is 27.0 Å². The number of amides is 8. The summed E-state index contributed by atoms with van der Waals surface area (Å²) >= 11 is 0. The average molecular weight is 731 g/mol. The molecule has 3 aromatic carbocycles. The Bertz CT molecular complexity index is 1700. The summed E-state index contributed by atoms with van der Waals surface area (Å²) < 4.78 is 13.0. The second-order valence-electron chi connectivity index (χ2n) is 12.1. The van der Waals surface area contributed by atoms with E-state index in [2.05, 4.69) is 42.5 Å². The molecule has 17 heteroatoms. The molecule has 0 atom stereocenters. The Balaban J connectivity index is 1.55. The number of esters is 1. The molecule has 0 bridgehead atoms. The molecular formula is C36H46N10O7. The second-order valence-corrected chi connectivity index (χ2v) is 12.1. The van der Waals surface area contributed by atoms with E-state index in [1.807, 2.05) is 58.3 Å². The van der Waals surface area contributed by atoms with Gasteiger partial charge >= 0.3 is 30.1 Å². The van der Waals surface area contributed by atoms with Gasteiger partial charge in [0.15, 0.2) is 5.60 Å². The molecule has 0 aliphatic carbocycles. The van der Waals surface area contributed by atoms with Gasteiger partial charge in [-0.1, -0.05) is 18.2 Å². The number of ether oxygens (including phenoxy) is 2. The maximum atomic E-state index is 13.5. The van der Waals surface area contributed by atoms with Crippen LogP contribution in [0, 0.1) is 0 Å². The second kappa shape index (κ2) is 17.2. The Hall–Kier alpha value is -6.39. The zero-order valence-electron chi connectivity index (χ0n) is 30.2. The number of nitrogens with zero attached hydrogens (tertiary/aromatic N) is 2. The number of carbonyl (C=O) groups excluding carboxylic acids is 5. The van der Waals surface area contributed by atoms with Crippen LogP contribution < -0.4 is 57.1 Å². The fourth-order valence-electron chi connectivity index (χ4n) is 6.36. The first-order valence-corrected chi connectivity index (χ1v) is 17.3. The fraction of sp³-hybridized carbons (Fsp3) is 0.361. The molecule has 0 saturated heterocycles. The minimum atomic E-state index is -1.31. The molecule has 1 spiro atoms. The number of rotatable bonds is 14. The quantitative estimate of drug-likeness (QED) is 0.113. The number of carbonyl (C=O) groups is 5. The first-order chi connectivity index (χ1) is 25.6. The highest BCUT2D eigenvalue weighted by atomic mass is 16.6. The lowest BCUT2D eigenvalue weighted by atomic mass is 9.77. The van der Waals surface area contributed by atoms with Crippen LogP contribution in [0.15, 0.2) is 60.7 Å². The SMILES string of the molecule is CNC(=O)NCCN(CCNC(=O)NC)c1ccc2c(c1)Oc1cc(N(CCNC(=O)NC)CCNC(=O)NC)ccc1C21OC(=O)c2ccccc21. The number of urea groups is 4. The molecule has 2 aliphatic rings. The highest BCUT2D eigenvalue weighted by Crippen LogP contribution is 2.57. The number of anilines is 2. The maximum Gasteiger partial charge on any atom is 0.340 e. The van der Waals surface area contributed by atoms with Crippen molar-refractivity contribution >= 4 is 41.5 Å². The molecular weight excluding hydrogens is 684 g/mol. The molecule has 5 rings (SSSR count). The van der Waals surface area contributed by atoms with Crippen molar-refractivity contribution < 1.29 is 33.4 Å². The Morgan fingerprint density at radius 2 is 0.962 bits per heavy atom. The molecule has 3 aromatic rings. The summed E-state index contributed by atoms with van der Waals surface area (Å²) in [6.07, 6.45) is 0. The lowest BCUT2D eigenvalue weighted by molar-refractivity contribution is 0.0224. The summed E-state index contributed by atoms with van der Waals surface area (Å²) in [5.74, 6) is 0.445. The maximum absolute atomic E-state index is 13.5. The van der Waals surface area contributed by atoms with E-state index in [9.17, 15) is 24.0 Å². The summed E-state index contributed by atoms with van der Waals surface area (Å²) in [4.78, 5) is 65.1. The standard InChI is InChI=1S/C36H46N10O7/c1-37-32(48)41-13-17-45(18-14-42-33(49)38-2)23-9-11-27-29(21-23)52-30-22-24(46(19-15-43-34(50)39-3)20-16-44-35(51)40-4)10-12-28(30)36(27)26-8-6-5-7-25(26)31(47)53-36/h5-12,21-22H,13-20H2,1-4H3,(H2,37,41,48)(H2,38,42,49)(H2,39,43,50)(H2,40,44,51). The molecule has 282 valence electrons. The van der Waals surface area contributed by atoms with Gasteiger partial charge in [-0.15, -0.1) is 0 Å². The van der Waals surface area contributed by atoms with Crippen LogP contribution in [-0.4, -0.2) is 111 Å². The van der Waals surface area contributed by atoms with Crippen molar-refractivity contribution in [1.82, 2.24) is 42.5 Å². The predicted molar refractivity (Wildman–Crippen MR) is 199 cm³/mol. The number of nitrogens with one attached hydrogen (secondary N) is 8. The lowest BCUT2D eigenvalue weighted by Crippen LogP contribution is -2.43. The fourth-order valence-corrected chi connectivity index (χ4v) is 6.36. The van der Waals surface area contributed by atoms with Crippen molar-refractivity contribution in [2.75, 3.05) is 90.3 Å². The molecule has 17 nitrogen and oxygen atoms in total. The van der Waals surface area contributed by atoms with Crippen LogP contribution in [0.2, 0.25) is 0 Å². The Labute approximate surface area is 307 Å². The zero-order valence-corrected chi connectivity index (χ0v) is 30.2. The molecule has 0 unspecified atom stereocenters. The number of fused-ring (bicyclic) bond motifs is 6. The highest BCUT2D eigenvalue weighted by molar-refractivity contribution is 5.97. The van der Waals surface area contributed by atoms with Crippen LogP contribution in [0.4, 0.5) is 30.6 Å². The van der Waals surface area contributed by atoms with Crippen molar-refractivity contribution in [3.05, 3.63) is 82.9 Å². The van der Waals surface area contributed by atoms with Gasteiger partial charge in [0.2, 0.25) is 0 Å². The molecule has 0 saturated carbocycles. The Kier molecular flexibility index (Phi) is 12.3. The molecule has 0 aromatic heterocycles. The monoisotopic (exact) mass is 730 g/mol. The topological polar surface area (TPSA) is 207 Å². The van der Waals surface area contributed by atoms with Crippen molar-refractivity contribution in [2.24, 2.45) is 0 Å². The van der Waals surface area contributed by atoms with Gasteiger partial charge < -0.3 is 61.8 Å². The third-order valence-corrected chi connectivity index (χ3v) is 8.99. The van der Waals surface area contributed by atoms with Crippen molar-refractivity contribution in [3.8, 4) is 11.5 Å². The number of hydrogen-bond acceptors (Lipinski definition) is 9. The van der Waals surface area contributed by atoms with Gasteiger partial charge in [-0.2, -0.15) is 0 Å². The van der Waals surface area contributed by atoms with Crippen LogP contribution in [-0.2, 0) is 10.3 Å². The van der Waals surface area contributed by atoms with Crippen LogP contribution in [0.25, 0.3) is 0 Å². The third-order valence-electron chi connectivity index (χ3n) is 8.99. The first kappa shape index (κ1) is 37.9. The van der Waals surface area contributed by atoms with E-state index in [4.69, 9.17) is 9.47 Å². The van der Waals surface area contributed by atoms with E-state index in [1.165, 1.54) is 28.2 Å². The zero-order chi connectivity index (χ0) is 38.0. The minimum absolute atomic E-state index is 0.318. The average Bonchev–Trinajstić information content (AvgIpc) is 3.47. The van der Waals surface area contributed by atoms with Crippen molar-refractivity contribution in [2.45, 2.75) is 5.60 Å². The van der Waals surface area contributed by atoms with Gasteiger partial charge in [-0.3, -0.25) is 0 Å². The minimum Gasteiger partial charge on any atom is -0.456 e. The van der Waals surface area contributed by atoms with Crippen LogP contribution in [0.5, 0.6) is 11.5 Å². The van der Waals surface area contributed by atoms with E-state index in [0.29, 0.717) is 86.1 Å². The van der Waals surface area contributed by atoms with E-state index < -0.39 is 11.6 Å². The van der Waals surface area contributed by atoms with Crippen molar-refractivity contribution in [1.29, 1.82) is 0 Å². The van der Waals surface area contributed by atoms with E-state index in [-0.39, 0.29) is 24.1 Å². The summed E-state index contributed by atoms with van der Waals surface area (Å²) in [6, 6.07) is 17.3. The summed E-state index contributed by atoms with van der Waals surface area (Å²) in [5.41, 5.74) is 2.57.